The topological polar surface area (TPSA) is 83.6 Å². The van der Waals surface area contributed by atoms with E-state index in [1.807, 2.05) is 12.1 Å². The number of carbonyl (C=O) groups is 1. The molecule has 7 heteroatoms. The minimum atomic E-state index is -0.336. The molecule has 4 aliphatic carbocycles. The highest BCUT2D eigenvalue weighted by Crippen LogP contribution is 2.66. The summed E-state index contributed by atoms with van der Waals surface area (Å²) in [6.07, 6.45) is 9.49. The van der Waals surface area contributed by atoms with E-state index in [-0.39, 0.29) is 16.7 Å². The first kappa shape index (κ1) is 17.4. The van der Waals surface area contributed by atoms with Crippen LogP contribution in [-0.2, 0) is 10.2 Å². The van der Waals surface area contributed by atoms with Gasteiger partial charge < -0.3 is 10.3 Å². The Hall–Kier alpha value is -2.47. The largest absolute Gasteiger partial charge is 0.329 e. The number of aromatic amines is 1. The van der Waals surface area contributed by atoms with Crippen molar-refractivity contribution in [3.05, 3.63) is 47.5 Å². The molecule has 29 heavy (non-hydrogen) atoms. The second kappa shape index (κ2) is 6.02. The van der Waals surface area contributed by atoms with E-state index in [0.717, 1.165) is 24.3 Å². The van der Waals surface area contributed by atoms with Gasteiger partial charge in [0.15, 0.2) is 17.0 Å². The fourth-order valence-corrected chi connectivity index (χ4v) is 6.89. The van der Waals surface area contributed by atoms with E-state index in [9.17, 15) is 4.79 Å². The van der Waals surface area contributed by atoms with E-state index >= 15 is 0 Å². The van der Waals surface area contributed by atoms with Crippen LogP contribution in [0.15, 0.2) is 36.9 Å². The minimum Gasteiger partial charge on any atom is -0.329 e. The predicted octanol–water partition coefficient (Wildman–Crippen LogP) is 4.48. The van der Waals surface area contributed by atoms with Gasteiger partial charge in [0.25, 0.3) is 0 Å². The van der Waals surface area contributed by atoms with Crippen molar-refractivity contribution in [2.24, 2.45) is 17.3 Å². The molecule has 0 aliphatic heterocycles. The lowest BCUT2D eigenvalue weighted by Crippen LogP contribution is -2.58. The van der Waals surface area contributed by atoms with Gasteiger partial charge >= 0.3 is 0 Å². The maximum atomic E-state index is 13.6. The molecule has 4 bridgehead atoms. The molecule has 3 aromatic rings. The molecular weight excluding hydrogens is 386 g/mol. The van der Waals surface area contributed by atoms with E-state index in [2.05, 4.69) is 37.4 Å². The Morgan fingerprint density at radius 1 is 1.07 bits per heavy atom. The molecule has 0 radical (unpaired) electrons. The highest BCUT2D eigenvalue weighted by Gasteiger charge is 2.61. The maximum absolute atomic E-state index is 13.6. The van der Waals surface area contributed by atoms with Crippen LogP contribution in [-0.4, -0.2) is 25.8 Å². The molecule has 2 atom stereocenters. The zero-order chi connectivity index (χ0) is 19.6. The highest BCUT2D eigenvalue weighted by molar-refractivity contribution is 6.30. The molecule has 2 aromatic heterocycles. The van der Waals surface area contributed by atoms with E-state index in [0.29, 0.717) is 28.8 Å². The summed E-state index contributed by atoms with van der Waals surface area (Å²) in [6.45, 7) is 0. The fourth-order valence-electron chi connectivity index (χ4n) is 6.77. The van der Waals surface area contributed by atoms with Crippen molar-refractivity contribution in [2.75, 3.05) is 5.32 Å². The van der Waals surface area contributed by atoms with Gasteiger partial charge in [-0.15, -0.1) is 0 Å². The number of aromatic nitrogens is 4. The van der Waals surface area contributed by atoms with Gasteiger partial charge in [-0.3, -0.25) is 4.79 Å². The summed E-state index contributed by atoms with van der Waals surface area (Å²) in [5.74, 6) is 1.80. The number of anilines is 1. The fraction of sp³-hybridized carbons (Fsp3) is 0.455. The third kappa shape index (κ3) is 2.61. The molecule has 1 amide bonds. The molecule has 2 heterocycles. The number of hydrogen-bond donors (Lipinski definition) is 2. The molecule has 7 rings (SSSR count). The molecule has 0 saturated heterocycles. The van der Waals surface area contributed by atoms with Gasteiger partial charge in [0, 0.05) is 5.02 Å². The molecule has 148 valence electrons. The lowest BCUT2D eigenvalue weighted by atomic mass is 9.42. The lowest BCUT2D eigenvalue weighted by molar-refractivity contribution is -0.143. The van der Waals surface area contributed by atoms with Crippen molar-refractivity contribution in [1.29, 1.82) is 0 Å². The Morgan fingerprint density at radius 2 is 1.83 bits per heavy atom. The number of hydrogen-bond acceptors (Lipinski definition) is 4. The highest BCUT2D eigenvalue weighted by atomic mass is 35.5. The van der Waals surface area contributed by atoms with Crippen LogP contribution in [0.4, 0.5) is 5.82 Å². The van der Waals surface area contributed by atoms with Crippen LogP contribution in [0.25, 0.3) is 11.2 Å². The van der Waals surface area contributed by atoms with Gasteiger partial charge in [-0.2, -0.15) is 0 Å². The van der Waals surface area contributed by atoms with E-state index in [1.165, 1.54) is 31.2 Å². The smallest absolute Gasteiger partial charge is 0.231 e. The molecule has 4 saturated carbocycles. The summed E-state index contributed by atoms with van der Waals surface area (Å²) in [6, 6.07) is 8.30. The summed E-state index contributed by atoms with van der Waals surface area (Å²) in [4.78, 5) is 29.3. The number of rotatable bonds is 3. The molecule has 0 spiro atoms. The number of nitrogens with one attached hydrogen (secondary N) is 2. The van der Waals surface area contributed by atoms with Crippen LogP contribution in [0.3, 0.4) is 0 Å². The maximum Gasteiger partial charge on any atom is 0.231 e. The summed E-state index contributed by atoms with van der Waals surface area (Å²) in [5.41, 5.74) is 2.33. The second-order valence-electron chi connectivity index (χ2n) is 9.30. The third-order valence-corrected chi connectivity index (χ3v) is 7.70. The Labute approximate surface area is 173 Å². The monoisotopic (exact) mass is 407 g/mol. The first-order valence-corrected chi connectivity index (χ1v) is 10.6. The molecule has 6 nitrogen and oxygen atoms in total. The number of halogens is 1. The van der Waals surface area contributed by atoms with E-state index < -0.39 is 0 Å². The Balaban J connectivity index is 1.36. The van der Waals surface area contributed by atoms with Crippen LogP contribution >= 0.6 is 11.6 Å². The summed E-state index contributed by atoms with van der Waals surface area (Å²) < 4.78 is 0. The van der Waals surface area contributed by atoms with E-state index in [1.54, 1.807) is 6.33 Å². The van der Waals surface area contributed by atoms with Crippen LogP contribution in [0, 0.1) is 17.3 Å². The number of H-pyrrole nitrogens is 1. The predicted molar refractivity (Wildman–Crippen MR) is 111 cm³/mol. The van der Waals surface area contributed by atoms with Gasteiger partial charge in [-0.1, -0.05) is 23.7 Å². The Morgan fingerprint density at radius 3 is 2.59 bits per heavy atom. The molecule has 2 unspecified atom stereocenters. The molecule has 4 fully saturated rings. The Kier molecular flexibility index (Phi) is 3.61. The van der Waals surface area contributed by atoms with Gasteiger partial charge in [-0.05, 0) is 73.5 Å². The SMILES string of the molecule is O=C(Nc1ncnc2[nH]cnc12)C12CC3CC(C1)CC(c1ccc(Cl)cc1)(C3)C2. The summed E-state index contributed by atoms with van der Waals surface area (Å²) >= 11 is 6.14. The first-order chi connectivity index (χ1) is 14.1. The van der Waals surface area contributed by atoms with Crippen molar-refractivity contribution in [3.8, 4) is 0 Å². The van der Waals surface area contributed by atoms with Crippen molar-refractivity contribution in [2.45, 2.75) is 43.9 Å². The van der Waals surface area contributed by atoms with Gasteiger partial charge in [0.1, 0.15) is 6.33 Å². The first-order valence-electron chi connectivity index (χ1n) is 10.3. The summed E-state index contributed by atoms with van der Waals surface area (Å²) in [5, 5.41) is 3.87. The second-order valence-corrected chi connectivity index (χ2v) is 9.74. The van der Waals surface area contributed by atoms with Gasteiger partial charge in [0.05, 0.1) is 11.7 Å². The average Bonchev–Trinajstić information content (AvgIpc) is 3.17. The molecule has 2 N–H and O–H groups in total. The lowest BCUT2D eigenvalue weighted by Gasteiger charge is -2.61. The third-order valence-electron chi connectivity index (χ3n) is 7.45. The minimum absolute atomic E-state index is 0.0827. The molecule has 4 aliphatic rings. The molecule has 1 aromatic carbocycles. The number of nitrogens with zero attached hydrogens (tertiary/aromatic N) is 3. The average molecular weight is 408 g/mol. The van der Waals surface area contributed by atoms with Crippen molar-refractivity contribution < 1.29 is 4.79 Å². The molecular formula is C22H22ClN5O. The number of carbonyl (C=O) groups excluding carboxylic acids is 1. The van der Waals surface area contributed by atoms with Crippen molar-refractivity contribution >= 4 is 34.5 Å². The van der Waals surface area contributed by atoms with Crippen LogP contribution in [0.5, 0.6) is 0 Å². The normalized spacial score (nSPS) is 32.6. The zero-order valence-electron chi connectivity index (χ0n) is 16.0. The van der Waals surface area contributed by atoms with Crippen molar-refractivity contribution in [1.82, 2.24) is 19.9 Å². The van der Waals surface area contributed by atoms with Crippen LogP contribution in [0.2, 0.25) is 5.02 Å². The number of imidazole rings is 1. The van der Waals surface area contributed by atoms with Crippen LogP contribution < -0.4 is 5.32 Å². The van der Waals surface area contributed by atoms with Gasteiger partial charge in [0.2, 0.25) is 5.91 Å². The summed E-state index contributed by atoms with van der Waals surface area (Å²) in [7, 11) is 0. The number of benzene rings is 1. The number of amides is 1. The van der Waals surface area contributed by atoms with Gasteiger partial charge in [-0.25, -0.2) is 15.0 Å². The van der Waals surface area contributed by atoms with Crippen LogP contribution in [0.1, 0.15) is 44.1 Å². The standard InChI is InChI=1S/C22H22ClN5O/c23-16-3-1-15(2-4-16)21-6-13-5-14(7-21)9-22(8-13,10-21)20(29)28-19-17-18(25-11-24-17)26-12-27-19/h1-4,11-14H,5-10H2,(H2,24,25,26,27,28,29). The number of fused-ring (bicyclic) bond motifs is 1. The Bertz CT molecular complexity index is 1090. The quantitative estimate of drug-likeness (QED) is 0.670. The zero-order valence-corrected chi connectivity index (χ0v) is 16.7. The van der Waals surface area contributed by atoms with Crippen molar-refractivity contribution in [3.63, 3.8) is 0 Å². The van der Waals surface area contributed by atoms with E-state index in [4.69, 9.17) is 11.6 Å².